The summed E-state index contributed by atoms with van der Waals surface area (Å²) >= 11 is 20.2. The average molecular weight is 2200 g/mol. The van der Waals surface area contributed by atoms with Gasteiger partial charge in [0.1, 0.15) is 63.0 Å². The Morgan fingerprint density at radius 1 is 0.443 bits per heavy atom. The highest BCUT2D eigenvalue weighted by Gasteiger charge is 2.40. The number of halogens is 4. The van der Waals surface area contributed by atoms with Crippen LogP contribution in [0.4, 0.5) is 28.8 Å². The molecule has 36 nitrogen and oxygen atoms in total. The number of ketones is 4. The van der Waals surface area contributed by atoms with Crippen LogP contribution in [0.5, 0.6) is 0 Å². The van der Waals surface area contributed by atoms with Gasteiger partial charge in [-0.05, 0) is 291 Å². The molecule has 2 aromatic rings. The Morgan fingerprint density at radius 2 is 0.705 bits per heavy atom. The molecule has 40 heteroatoms. The van der Waals surface area contributed by atoms with Crippen LogP contribution in [0.3, 0.4) is 0 Å². The number of amides is 7. The zero-order chi connectivity index (χ0) is 114. The van der Waals surface area contributed by atoms with Gasteiger partial charge in [-0.1, -0.05) is 70.2 Å². The van der Waals surface area contributed by atoms with Gasteiger partial charge >= 0.3 is 42.5 Å². The Kier molecular flexibility index (Phi) is 73.7. The maximum Gasteiger partial charge on any atom is 0.410 e. The number of carboxylic acids is 1. The van der Waals surface area contributed by atoms with Crippen LogP contribution in [0.15, 0.2) is 0 Å². The molecule has 9 rings (SSSR count). The van der Waals surface area contributed by atoms with E-state index in [0.717, 1.165) is 103 Å². The number of alkyl halides is 3. The number of rotatable bonds is 21. The molecule has 3 unspecified atom stereocenters. The predicted octanol–water partition coefficient (Wildman–Crippen LogP) is 22.0. The van der Waals surface area contributed by atoms with E-state index in [0.29, 0.717) is 160 Å². The first kappa shape index (κ1) is 148. The maximum atomic E-state index is 12.2. The number of likely N-dealkylation sites (tertiary alicyclic amines) is 6. The van der Waals surface area contributed by atoms with E-state index < -0.39 is 51.6 Å². The molecule has 868 valence electrons. The fraction of sp³-hybridized carbons (Fsp3) is 0.826. The fourth-order valence-corrected chi connectivity index (χ4v) is 17.0. The molecule has 7 fully saturated rings. The number of carbonyl (C=O) groups is 13. The summed E-state index contributed by atoms with van der Waals surface area (Å²) in [6.45, 7) is 70.8. The quantitative estimate of drug-likeness (QED) is 0.0171. The van der Waals surface area contributed by atoms with Gasteiger partial charge in [0, 0.05) is 197 Å². The third kappa shape index (κ3) is 59.0. The van der Waals surface area contributed by atoms with E-state index in [9.17, 15) is 67.4 Å². The minimum absolute atomic E-state index is 0. The number of hydrazine groups is 1. The molecule has 0 aromatic carbocycles. The van der Waals surface area contributed by atoms with E-state index in [2.05, 4.69) is 67.9 Å². The number of aliphatic hydroxyl groups is 1. The molecule has 7 aliphatic rings. The second-order valence-corrected chi connectivity index (χ2v) is 44.7. The first-order valence-corrected chi connectivity index (χ1v) is 55.1. The van der Waals surface area contributed by atoms with Gasteiger partial charge < -0.3 is 72.8 Å². The lowest BCUT2D eigenvalue weighted by molar-refractivity contribution is -0.174. The second kappa shape index (κ2) is 74.4. The highest BCUT2D eigenvalue weighted by Crippen LogP contribution is 2.36. The summed E-state index contributed by atoms with van der Waals surface area (Å²) < 4.78 is 38.2. The van der Waals surface area contributed by atoms with Crippen LogP contribution < -0.4 is 11.3 Å². The lowest BCUT2D eigenvalue weighted by Crippen LogP contribution is -2.45. The van der Waals surface area contributed by atoms with Crippen LogP contribution in [0, 0.1) is 55.3 Å². The van der Waals surface area contributed by atoms with Crippen molar-refractivity contribution in [3.05, 3.63) is 33.9 Å². The number of aryl methyl sites for hydroxylation is 4. The number of hydrogen-bond acceptors (Lipinski definition) is 26. The van der Waals surface area contributed by atoms with Gasteiger partial charge in [-0.25, -0.2) is 38.2 Å². The van der Waals surface area contributed by atoms with Gasteiger partial charge in [0.2, 0.25) is 5.91 Å². The van der Waals surface area contributed by atoms with Gasteiger partial charge in [0.15, 0.2) is 0 Å². The van der Waals surface area contributed by atoms with Gasteiger partial charge in [-0.15, -0.1) is 34.8 Å². The van der Waals surface area contributed by atoms with Crippen LogP contribution in [0.25, 0.3) is 0 Å². The number of nitrogens with two attached hydrogens (primary N) is 1. The molecule has 3 atom stereocenters. The molecule has 2 aromatic heterocycles. The molecule has 7 amide bonds. The van der Waals surface area contributed by atoms with Crippen molar-refractivity contribution in [1.29, 1.82) is 0 Å². The largest absolute Gasteiger partial charge is 0.481 e. The normalized spacial score (nSPS) is 16.9. The van der Waals surface area contributed by atoms with Crippen molar-refractivity contribution in [3.63, 3.8) is 0 Å². The standard InChI is InChI=1S/C18H31N3O2.C16H29NO4.C16H27NO4.C13H22ClN3.C13H24N2O4.C11H19NO4.C11H19NO3.C5H10O.C2H8N2.CH2Cl2.CH3Cl.2CH4/c1-7-15-13(3)16(21(8-2)19-15)14-9-11-20(12-10-14)17(22)23-18(4,5)6;2*1-6-13(18)11(2)14(19)12-7-9-17(10-8-12)15(20)21-16(3,4)5;1-4-12-10(3)13(17(5-2)15-12)11-6-8-16(14)9-7-11;1-13(2,3)19-12(17)15-8-6-10(7-9-15)11(16)14(4)18-5;1-11(2,3)16-10(15)12-6-4-8(5-7-12)9(13)14;1-11(2,3)15-10(14)12-6-4-9(8-13)5-7-12;1-3-5(6)4-2;1-2-4-3;2-1-3;1-2;;/h14H,7-12H2,1-6H3;11-12,14,19H,6-10H2,1-5H3;11-12H,6-10H2,1-5H3;11H,4-9H2,1-3H3;10H,6-9H2,1-5H3;8H,4-7H2,1-3H3,(H,13,14);8-9H,4-7H2,1-3H3;3-4H2,1-2H3;4H,2-3H2,1H3;1H2;1H3;2*1H4. The van der Waals surface area contributed by atoms with E-state index in [1.165, 1.54) is 52.5 Å². The summed E-state index contributed by atoms with van der Waals surface area (Å²) in [4.78, 5) is 165. The maximum absolute atomic E-state index is 12.2. The Labute approximate surface area is 916 Å². The zero-order valence-corrected chi connectivity index (χ0v) is 99.3. The number of aromatic nitrogens is 4. The number of aliphatic carboxylic acids is 1. The highest BCUT2D eigenvalue weighted by atomic mass is 35.5. The molecule has 149 heavy (non-hydrogen) atoms. The number of hydrogen-bond donors (Lipinski definition) is 4. The lowest BCUT2D eigenvalue weighted by Gasteiger charge is -2.36. The topological polar surface area (TPSA) is 427 Å². The molecule has 7 aliphatic heterocycles. The van der Waals surface area contributed by atoms with Crippen molar-refractivity contribution in [3.8, 4) is 0 Å². The van der Waals surface area contributed by atoms with Gasteiger partial charge in [-0.2, -0.15) is 10.2 Å². The summed E-state index contributed by atoms with van der Waals surface area (Å²) in [6, 6.07) is 0. The minimum Gasteiger partial charge on any atom is -0.481 e. The molecule has 5 N–H and O–H groups in total. The van der Waals surface area contributed by atoms with Crippen LogP contribution in [0.1, 0.15) is 377 Å². The molecule has 0 spiro atoms. The van der Waals surface area contributed by atoms with Crippen molar-refractivity contribution in [2.75, 3.05) is 124 Å². The van der Waals surface area contributed by atoms with Gasteiger partial charge in [-0.3, -0.25) is 54.2 Å². The summed E-state index contributed by atoms with van der Waals surface area (Å²) in [6.07, 6.45) is 15.0. The SMILES string of the molecule is C.C.CC(C)(C)OC(=O)N1CCC(C(=O)O)CC1.CC(C)(C)OC(=O)N1CCC(C=O)CC1.CCC(=O)C(C)C(=O)C1CCN(C(=O)OC(C)(C)C)CC1.CCC(=O)C(C)C(O)C1CCN(C(=O)OC(C)(C)C)CC1.CCC(=O)CC.CCNN.CCc1nn(CC)c(C2CCN(C(=O)OC(C)(C)C)CC2)c1C.CCc1nn(CC)c(C2CCN(Cl)CC2)c1C.CCl.CON(C)C(=O)C1CCN(C(=O)OC(C)(C)C)CC1.ClCCl. The average Bonchev–Trinajstić information content (AvgIpc) is 1.65. The molecular weight excluding hydrogens is 2000 g/mol. The van der Waals surface area contributed by atoms with Crippen LogP contribution in [0.2, 0.25) is 0 Å². The Balaban J connectivity index is -0.000000804. The molecule has 0 radical (unpaired) electrons. The van der Waals surface area contributed by atoms with E-state index in [1.807, 2.05) is 162 Å². The third-order valence-corrected chi connectivity index (χ3v) is 25.4. The summed E-state index contributed by atoms with van der Waals surface area (Å²) in [5.41, 5.74) is 7.60. The molecular formula is C109H202Cl4N14O22. The van der Waals surface area contributed by atoms with Crippen LogP contribution >= 0.6 is 46.6 Å². The first-order chi connectivity index (χ1) is 68.3. The van der Waals surface area contributed by atoms with E-state index in [-0.39, 0.29) is 116 Å². The molecule has 7 saturated heterocycles. The number of nitrogens with one attached hydrogen (secondary N) is 1. The number of aliphatic hydroxyl groups excluding tert-OH is 1. The number of carbonyl (C=O) groups excluding carboxylic acids is 12. The predicted molar refractivity (Wildman–Crippen MR) is 595 cm³/mol. The molecule has 0 aliphatic carbocycles. The van der Waals surface area contributed by atoms with Crippen LogP contribution in [-0.4, -0.2) is 310 Å². The van der Waals surface area contributed by atoms with Crippen molar-refractivity contribution >= 4 is 124 Å². The number of carboxylic acid groups (broad SMARTS) is 1. The van der Waals surface area contributed by atoms with Gasteiger partial charge in [0.25, 0.3) is 0 Å². The summed E-state index contributed by atoms with van der Waals surface area (Å²) in [5.74, 6) is 4.37. The fourth-order valence-electron chi connectivity index (χ4n) is 16.8. The Morgan fingerprint density at radius 3 is 0.940 bits per heavy atom. The van der Waals surface area contributed by atoms with Crippen molar-refractivity contribution in [2.24, 2.45) is 47.3 Å². The molecule has 0 saturated carbocycles. The van der Waals surface area contributed by atoms with E-state index in [4.69, 9.17) is 89.4 Å². The number of aldehydes is 1. The van der Waals surface area contributed by atoms with E-state index in [1.54, 1.807) is 52.3 Å². The van der Waals surface area contributed by atoms with Gasteiger partial charge in [0.05, 0.1) is 41.8 Å². The zero-order valence-electron chi connectivity index (χ0n) is 96.2. The summed E-state index contributed by atoms with van der Waals surface area (Å²) in [7, 11) is 3.07. The lowest BCUT2D eigenvalue weighted by atomic mass is 9.83. The Bertz CT molecular complexity index is 4170. The number of ether oxygens (including phenoxy) is 6. The first-order valence-electron chi connectivity index (χ1n) is 53.0. The minimum atomic E-state index is -0.774. The monoisotopic (exact) mass is 2200 g/mol. The molecule has 0 bridgehead atoms. The highest BCUT2D eigenvalue weighted by molar-refractivity contribution is 6.40. The van der Waals surface area contributed by atoms with Crippen LogP contribution in [-0.2, 0) is 92.8 Å². The second-order valence-electron chi connectivity index (χ2n) is 43.5. The Hall–Kier alpha value is -7.71. The van der Waals surface area contributed by atoms with Crippen molar-refractivity contribution in [1.82, 2.24) is 63.9 Å². The van der Waals surface area contributed by atoms with Crippen molar-refractivity contribution < 1.29 is 106 Å². The summed E-state index contributed by atoms with van der Waals surface area (Å²) in [5, 5.41) is 30.0. The van der Waals surface area contributed by atoms with E-state index >= 15 is 0 Å². The number of piperidine rings is 7. The number of Topliss-reactive ketones (excluding diaryl/α,β-unsaturated/α-hetero) is 4. The third-order valence-electron chi connectivity index (χ3n) is 25.1. The molecule has 9 heterocycles. The van der Waals surface area contributed by atoms with Crippen molar-refractivity contribution in [2.45, 2.75) is 423 Å². The smallest absolute Gasteiger partial charge is 0.410 e. The number of hydroxylamine groups is 2. The number of nitrogens with zero attached hydrogens (tertiary/aromatic N) is 12.